The summed E-state index contributed by atoms with van der Waals surface area (Å²) in [6, 6.07) is 7.26. The molecule has 1 rings (SSSR count). The van der Waals surface area contributed by atoms with Gasteiger partial charge in [-0.3, -0.25) is 0 Å². The first-order chi connectivity index (χ1) is 5.86. The Labute approximate surface area is 70.7 Å². The summed E-state index contributed by atoms with van der Waals surface area (Å²) in [5.74, 6) is 0. The number of rotatable bonds is 3. The lowest BCUT2D eigenvalue weighted by Crippen LogP contribution is -1.85. The summed E-state index contributed by atoms with van der Waals surface area (Å²) < 4.78 is 4.92. The van der Waals surface area contributed by atoms with E-state index in [1.54, 1.807) is 19.2 Å². The van der Waals surface area contributed by atoms with Crippen LogP contribution < -0.4 is 0 Å². The second kappa shape index (κ2) is 4.44. The second-order valence-electron chi connectivity index (χ2n) is 2.31. The maximum Gasteiger partial charge on any atom is 0.240 e. The van der Waals surface area contributed by atoms with Crippen LogP contribution in [0.5, 0.6) is 0 Å². The van der Waals surface area contributed by atoms with E-state index in [9.17, 15) is 4.79 Å². The first-order valence-electron chi connectivity index (χ1n) is 3.52. The van der Waals surface area contributed by atoms with Crippen LogP contribution in [0.4, 0.5) is 5.69 Å². The molecule has 62 valence electrons. The van der Waals surface area contributed by atoms with Crippen LogP contribution in [0.25, 0.3) is 0 Å². The van der Waals surface area contributed by atoms with E-state index >= 15 is 0 Å². The van der Waals surface area contributed by atoms with Crippen LogP contribution in [0.3, 0.4) is 0 Å². The van der Waals surface area contributed by atoms with E-state index in [1.165, 1.54) is 6.08 Å². The number of nitrogens with zero attached hydrogens (tertiary/aromatic N) is 1. The number of methoxy groups -OCH3 is 1. The third-order valence-electron chi connectivity index (χ3n) is 1.40. The van der Waals surface area contributed by atoms with Gasteiger partial charge in [0.15, 0.2) is 0 Å². The zero-order valence-corrected chi connectivity index (χ0v) is 6.78. The van der Waals surface area contributed by atoms with Gasteiger partial charge in [0.05, 0.1) is 12.3 Å². The fraction of sp³-hybridized carbons (Fsp3) is 0.222. The lowest BCUT2D eigenvalue weighted by atomic mass is 10.2. The SMILES string of the molecule is COCc1cccc(N=C=O)c1. The lowest BCUT2D eigenvalue weighted by molar-refractivity contribution is 0.185. The van der Waals surface area contributed by atoms with Crippen molar-refractivity contribution < 1.29 is 9.53 Å². The molecule has 0 amide bonds. The average Bonchev–Trinajstić information content (AvgIpc) is 2.06. The lowest BCUT2D eigenvalue weighted by Gasteiger charge is -1.98. The topological polar surface area (TPSA) is 38.7 Å². The molecule has 0 fully saturated rings. The molecule has 0 aromatic heterocycles. The van der Waals surface area contributed by atoms with Crippen LogP contribution in [0.1, 0.15) is 5.56 Å². The number of aliphatic imine (C=N–C) groups is 1. The molecule has 3 nitrogen and oxygen atoms in total. The summed E-state index contributed by atoms with van der Waals surface area (Å²) in [7, 11) is 1.62. The Morgan fingerprint density at radius 3 is 3.08 bits per heavy atom. The predicted molar refractivity (Wildman–Crippen MR) is 44.9 cm³/mol. The molecular weight excluding hydrogens is 154 g/mol. The molecule has 0 radical (unpaired) electrons. The van der Waals surface area contributed by atoms with E-state index in [4.69, 9.17) is 4.74 Å². The molecule has 0 aliphatic rings. The van der Waals surface area contributed by atoms with Gasteiger partial charge in [-0.2, -0.15) is 4.99 Å². The third-order valence-corrected chi connectivity index (χ3v) is 1.40. The first kappa shape index (κ1) is 8.65. The number of benzene rings is 1. The molecule has 0 unspecified atom stereocenters. The van der Waals surface area contributed by atoms with Crippen molar-refractivity contribution in [1.82, 2.24) is 0 Å². The Morgan fingerprint density at radius 2 is 2.42 bits per heavy atom. The highest BCUT2D eigenvalue weighted by atomic mass is 16.5. The second-order valence-corrected chi connectivity index (χ2v) is 2.31. The molecule has 0 saturated heterocycles. The Kier molecular flexibility index (Phi) is 3.20. The molecule has 12 heavy (non-hydrogen) atoms. The van der Waals surface area contributed by atoms with Crippen molar-refractivity contribution in [2.75, 3.05) is 7.11 Å². The molecule has 0 heterocycles. The quantitative estimate of drug-likeness (QED) is 0.503. The number of hydrogen-bond acceptors (Lipinski definition) is 3. The Hall–Kier alpha value is -1.44. The van der Waals surface area contributed by atoms with Gasteiger partial charge in [-0.15, -0.1) is 0 Å². The molecule has 0 bridgehead atoms. The van der Waals surface area contributed by atoms with Crippen molar-refractivity contribution in [1.29, 1.82) is 0 Å². The van der Waals surface area contributed by atoms with E-state index in [1.807, 2.05) is 12.1 Å². The van der Waals surface area contributed by atoms with E-state index in [0.717, 1.165) is 5.56 Å². The Balaban J connectivity index is 2.87. The van der Waals surface area contributed by atoms with Crippen LogP contribution >= 0.6 is 0 Å². The van der Waals surface area contributed by atoms with Gasteiger partial charge in [0.25, 0.3) is 0 Å². The maximum absolute atomic E-state index is 9.92. The predicted octanol–water partition coefficient (Wildman–Crippen LogP) is 1.80. The van der Waals surface area contributed by atoms with Crippen molar-refractivity contribution in [2.24, 2.45) is 4.99 Å². The Bertz CT molecular complexity index is 303. The summed E-state index contributed by atoms with van der Waals surface area (Å²) >= 11 is 0. The fourth-order valence-corrected chi connectivity index (χ4v) is 0.935. The van der Waals surface area contributed by atoms with Gasteiger partial charge < -0.3 is 4.74 Å². The summed E-state index contributed by atoms with van der Waals surface area (Å²) in [5.41, 5.74) is 1.61. The van der Waals surface area contributed by atoms with Crippen molar-refractivity contribution in [3.8, 4) is 0 Å². The highest BCUT2D eigenvalue weighted by Crippen LogP contribution is 2.13. The summed E-state index contributed by atoms with van der Waals surface area (Å²) in [4.78, 5) is 13.4. The monoisotopic (exact) mass is 163 g/mol. The van der Waals surface area contributed by atoms with Crippen LogP contribution in [0.2, 0.25) is 0 Å². The molecule has 1 aromatic rings. The van der Waals surface area contributed by atoms with Crippen molar-refractivity contribution >= 4 is 11.8 Å². The van der Waals surface area contributed by atoms with Crippen LogP contribution in [0, 0.1) is 0 Å². The standard InChI is InChI=1S/C9H9NO2/c1-12-6-8-3-2-4-9(5-8)10-7-11/h2-5H,6H2,1H3. The molecule has 0 aliphatic carbocycles. The molecule has 0 aliphatic heterocycles. The minimum Gasteiger partial charge on any atom is -0.380 e. The molecule has 0 atom stereocenters. The maximum atomic E-state index is 9.92. The molecule has 0 spiro atoms. The minimum absolute atomic E-state index is 0.530. The number of isocyanates is 1. The zero-order chi connectivity index (χ0) is 8.81. The molecular formula is C9H9NO2. The number of hydrogen-bond donors (Lipinski definition) is 0. The van der Waals surface area contributed by atoms with Crippen LogP contribution in [-0.4, -0.2) is 13.2 Å². The van der Waals surface area contributed by atoms with Gasteiger partial charge in [0.2, 0.25) is 6.08 Å². The third kappa shape index (κ3) is 2.31. The zero-order valence-electron chi connectivity index (χ0n) is 6.78. The molecule has 0 N–H and O–H groups in total. The molecule has 0 saturated carbocycles. The highest BCUT2D eigenvalue weighted by molar-refractivity contribution is 5.49. The summed E-state index contributed by atoms with van der Waals surface area (Å²) in [5, 5.41) is 0. The van der Waals surface area contributed by atoms with Gasteiger partial charge in [0, 0.05) is 7.11 Å². The van der Waals surface area contributed by atoms with E-state index in [-0.39, 0.29) is 0 Å². The van der Waals surface area contributed by atoms with Gasteiger partial charge in [0.1, 0.15) is 0 Å². The van der Waals surface area contributed by atoms with Gasteiger partial charge in [-0.25, -0.2) is 4.79 Å². The van der Waals surface area contributed by atoms with Gasteiger partial charge >= 0.3 is 0 Å². The fourth-order valence-electron chi connectivity index (χ4n) is 0.935. The van der Waals surface area contributed by atoms with E-state index < -0.39 is 0 Å². The first-order valence-corrected chi connectivity index (χ1v) is 3.52. The van der Waals surface area contributed by atoms with Crippen molar-refractivity contribution in [2.45, 2.75) is 6.61 Å². The van der Waals surface area contributed by atoms with Crippen LogP contribution in [-0.2, 0) is 16.1 Å². The van der Waals surface area contributed by atoms with Gasteiger partial charge in [-0.05, 0) is 17.7 Å². The largest absolute Gasteiger partial charge is 0.380 e. The van der Waals surface area contributed by atoms with Crippen LogP contribution in [0.15, 0.2) is 29.3 Å². The smallest absolute Gasteiger partial charge is 0.240 e. The Morgan fingerprint density at radius 1 is 1.58 bits per heavy atom. The molecule has 1 aromatic carbocycles. The van der Waals surface area contributed by atoms with Gasteiger partial charge in [-0.1, -0.05) is 12.1 Å². The molecule has 3 heteroatoms. The number of ether oxygens (including phenoxy) is 1. The van der Waals surface area contributed by atoms with Crippen molar-refractivity contribution in [3.05, 3.63) is 29.8 Å². The van der Waals surface area contributed by atoms with E-state index in [0.29, 0.717) is 12.3 Å². The number of carbonyl (C=O) groups excluding carboxylic acids is 1. The normalized spacial score (nSPS) is 9.08. The van der Waals surface area contributed by atoms with Crippen molar-refractivity contribution in [3.63, 3.8) is 0 Å². The average molecular weight is 163 g/mol. The van der Waals surface area contributed by atoms with E-state index in [2.05, 4.69) is 4.99 Å². The summed E-state index contributed by atoms with van der Waals surface area (Å²) in [6.07, 6.45) is 1.49. The summed E-state index contributed by atoms with van der Waals surface area (Å²) in [6.45, 7) is 0.530. The minimum atomic E-state index is 0.530. The highest BCUT2D eigenvalue weighted by Gasteiger charge is 1.92.